The molecule has 7 heteroatoms. The topological polar surface area (TPSA) is 75.7 Å². The minimum absolute atomic E-state index is 0.0711. The van der Waals surface area contributed by atoms with Gasteiger partial charge >= 0.3 is 5.97 Å². The van der Waals surface area contributed by atoms with Crippen LogP contribution >= 0.6 is 0 Å². The Morgan fingerprint density at radius 1 is 1.14 bits per heavy atom. The molecule has 2 aromatic rings. The SMILES string of the molecule is C[C@H](OC(=O)c1ccc(N2CCCC2=O)cc1)C(=O)NCc1ccc(F)cc1. The number of carbonyl (C=O) groups is 3. The highest BCUT2D eigenvalue weighted by Gasteiger charge is 2.22. The van der Waals surface area contributed by atoms with Crippen LogP contribution in [0.2, 0.25) is 0 Å². The molecule has 1 atom stereocenters. The summed E-state index contributed by atoms with van der Waals surface area (Å²) in [5.41, 5.74) is 1.78. The minimum Gasteiger partial charge on any atom is -0.449 e. The van der Waals surface area contributed by atoms with Crippen LogP contribution < -0.4 is 10.2 Å². The quantitative estimate of drug-likeness (QED) is 0.777. The third-order valence-corrected chi connectivity index (χ3v) is 4.52. The molecule has 0 spiro atoms. The molecule has 3 rings (SSSR count). The summed E-state index contributed by atoms with van der Waals surface area (Å²) in [5, 5.41) is 2.64. The Balaban J connectivity index is 1.52. The maximum Gasteiger partial charge on any atom is 0.338 e. The van der Waals surface area contributed by atoms with E-state index in [0.29, 0.717) is 18.5 Å². The number of nitrogens with zero attached hydrogens (tertiary/aromatic N) is 1. The van der Waals surface area contributed by atoms with Crippen molar-refractivity contribution in [3.8, 4) is 0 Å². The van der Waals surface area contributed by atoms with E-state index in [9.17, 15) is 18.8 Å². The van der Waals surface area contributed by atoms with Crippen LogP contribution in [0.15, 0.2) is 48.5 Å². The molecule has 0 bridgehead atoms. The average molecular weight is 384 g/mol. The first-order valence-electron chi connectivity index (χ1n) is 9.07. The minimum atomic E-state index is -0.979. The average Bonchev–Trinajstić information content (AvgIpc) is 3.13. The lowest BCUT2D eigenvalue weighted by molar-refractivity contribution is -0.129. The molecule has 1 saturated heterocycles. The van der Waals surface area contributed by atoms with Crippen molar-refractivity contribution in [2.24, 2.45) is 0 Å². The molecule has 6 nitrogen and oxygen atoms in total. The van der Waals surface area contributed by atoms with Crippen LogP contribution in [0.25, 0.3) is 0 Å². The van der Waals surface area contributed by atoms with Crippen molar-refractivity contribution in [3.63, 3.8) is 0 Å². The van der Waals surface area contributed by atoms with E-state index >= 15 is 0 Å². The van der Waals surface area contributed by atoms with Crippen molar-refractivity contribution < 1.29 is 23.5 Å². The number of halogens is 1. The number of anilines is 1. The molecule has 1 N–H and O–H groups in total. The first-order chi connectivity index (χ1) is 13.4. The second kappa shape index (κ2) is 8.65. The fraction of sp³-hybridized carbons (Fsp3) is 0.286. The Hall–Kier alpha value is -3.22. The molecule has 28 heavy (non-hydrogen) atoms. The number of amides is 2. The maximum atomic E-state index is 12.9. The van der Waals surface area contributed by atoms with Crippen LogP contribution in [0, 0.1) is 5.82 Å². The van der Waals surface area contributed by atoms with E-state index in [1.165, 1.54) is 19.1 Å². The van der Waals surface area contributed by atoms with Gasteiger partial charge in [0, 0.05) is 25.2 Å². The standard InChI is InChI=1S/C21H21FN2O4/c1-14(20(26)23-13-15-4-8-17(22)9-5-15)28-21(27)16-6-10-18(11-7-16)24-12-2-3-19(24)25/h4-11,14H,2-3,12-13H2,1H3,(H,23,26)/t14-/m0/s1. The first-order valence-corrected chi connectivity index (χ1v) is 9.07. The number of esters is 1. The van der Waals surface area contributed by atoms with Crippen LogP contribution in [0.1, 0.15) is 35.7 Å². The van der Waals surface area contributed by atoms with Crippen LogP contribution in [0.4, 0.5) is 10.1 Å². The third kappa shape index (κ3) is 4.73. The molecule has 2 aromatic carbocycles. The monoisotopic (exact) mass is 384 g/mol. The summed E-state index contributed by atoms with van der Waals surface area (Å²) in [4.78, 5) is 37.8. The molecule has 146 valence electrons. The molecule has 0 saturated carbocycles. The Labute approximate surface area is 162 Å². The zero-order valence-electron chi connectivity index (χ0n) is 15.5. The molecule has 1 fully saturated rings. The molecular formula is C21H21FN2O4. The van der Waals surface area contributed by atoms with Gasteiger partial charge in [0.05, 0.1) is 5.56 Å². The molecule has 1 aliphatic rings. The molecule has 0 radical (unpaired) electrons. The lowest BCUT2D eigenvalue weighted by atomic mass is 10.2. The Morgan fingerprint density at radius 3 is 2.43 bits per heavy atom. The lowest BCUT2D eigenvalue weighted by Crippen LogP contribution is -2.35. The van der Waals surface area contributed by atoms with Gasteiger partial charge in [0.15, 0.2) is 6.10 Å². The Bertz CT molecular complexity index is 865. The van der Waals surface area contributed by atoms with Crippen molar-refractivity contribution >= 4 is 23.5 Å². The zero-order valence-corrected chi connectivity index (χ0v) is 15.5. The number of carbonyl (C=O) groups excluding carboxylic acids is 3. The van der Waals surface area contributed by atoms with E-state index in [-0.39, 0.29) is 18.3 Å². The second-order valence-electron chi connectivity index (χ2n) is 6.59. The smallest absolute Gasteiger partial charge is 0.338 e. The Kier molecular flexibility index (Phi) is 6.03. The molecule has 1 heterocycles. The Morgan fingerprint density at radius 2 is 1.82 bits per heavy atom. The maximum absolute atomic E-state index is 12.9. The van der Waals surface area contributed by atoms with Gasteiger partial charge in [0.2, 0.25) is 5.91 Å². The van der Waals surface area contributed by atoms with Gasteiger partial charge in [-0.3, -0.25) is 9.59 Å². The molecular weight excluding hydrogens is 363 g/mol. The number of hydrogen-bond donors (Lipinski definition) is 1. The van der Waals surface area contributed by atoms with E-state index < -0.39 is 18.0 Å². The van der Waals surface area contributed by atoms with Crippen molar-refractivity contribution in [2.75, 3.05) is 11.4 Å². The van der Waals surface area contributed by atoms with Gasteiger partial charge in [-0.1, -0.05) is 12.1 Å². The number of benzene rings is 2. The number of rotatable bonds is 6. The van der Waals surface area contributed by atoms with Gasteiger partial charge in [-0.2, -0.15) is 0 Å². The fourth-order valence-corrected chi connectivity index (χ4v) is 2.92. The second-order valence-corrected chi connectivity index (χ2v) is 6.59. The normalized spacial score (nSPS) is 14.6. The zero-order chi connectivity index (χ0) is 20.1. The summed E-state index contributed by atoms with van der Waals surface area (Å²) in [7, 11) is 0. The van der Waals surface area contributed by atoms with Gasteiger partial charge in [-0.25, -0.2) is 9.18 Å². The van der Waals surface area contributed by atoms with Crippen molar-refractivity contribution in [3.05, 3.63) is 65.5 Å². The third-order valence-electron chi connectivity index (χ3n) is 4.52. The van der Waals surface area contributed by atoms with Crippen LogP contribution in [-0.2, 0) is 20.9 Å². The van der Waals surface area contributed by atoms with Gasteiger partial charge in [0.1, 0.15) is 5.82 Å². The summed E-state index contributed by atoms with van der Waals surface area (Å²) in [6.07, 6.45) is 0.384. The van der Waals surface area contributed by atoms with Gasteiger partial charge < -0.3 is 15.0 Å². The lowest BCUT2D eigenvalue weighted by Gasteiger charge is -2.16. The van der Waals surface area contributed by atoms with Crippen LogP contribution in [0.3, 0.4) is 0 Å². The van der Waals surface area contributed by atoms with Crippen LogP contribution in [0.5, 0.6) is 0 Å². The summed E-state index contributed by atoms with van der Waals surface area (Å²) in [5.74, 6) is -1.35. The van der Waals surface area contributed by atoms with Gasteiger partial charge in [-0.15, -0.1) is 0 Å². The summed E-state index contributed by atoms with van der Waals surface area (Å²) < 4.78 is 18.1. The van der Waals surface area contributed by atoms with E-state index in [4.69, 9.17) is 4.74 Å². The molecule has 1 aliphatic heterocycles. The van der Waals surface area contributed by atoms with Crippen LogP contribution in [-0.4, -0.2) is 30.4 Å². The highest BCUT2D eigenvalue weighted by atomic mass is 19.1. The predicted octanol–water partition coefficient (Wildman–Crippen LogP) is 2.81. The highest BCUT2D eigenvalue weighted by Crippen LogP contribution is 2.22. The number of ether oxygens (including phenoxy) is 1. The van der Waals surface area contributed by atoms with E-state index in [1.54, 1.807) is 41.3 Å². The molecule has 2 amide bonds. The van der Waals surface area contributed by atoms with Gasteiger partial charge in [0.25, 0.3) is 5.91 Å². The first kappa shape index (κ1) is 19.5. The van der Waals surface area contributed by atoms with Crippen molar-refractivity contribution in [2.45, 2.75) is 32.4 Å². The highest BCUT2D eigenvalue weighted by molar-refractivity contribution is 5.96. The molecule has 0 aliphatic carbocycles. The van der Waals surface area contributed by atoms with Crippen molar-refractivity contribution in [1.82, 2.24) is 5.32 Å². The van der Waals surface area contributed by atoms with Crippen molar-refractivity contribution in [1.29, 1.82) is 0 Å². The summed E-state index contributed by atoms with van der Waals surface area (Å²) in [6, 6.07) is 12.3. The van der Waals surface area contributed by atoms with E-state index in [1.807, 2.05) is 0 Å². The predicted molar refractivity (Wildman–Crippen MR) is 101 cm³/mol. The molecule has 0 unspecified atom stereocenters. The summed E-state index contributed by atoms with van der Waals surface area (Å²) >= 11 is 0. The number of hydrogen-bond acceptors (Lipinski definition) is 4. The number of nitrogens with one attached hydrogen (secondary N) is 1. The fourth-order valence-electron chi connectivity index (χ4n) is 2.92. The van der Waals surface area contributed by atoms with E-state index in [0.717, 1.165) is 17.7 Å². The summed E-state index contributed by atoms with van der Waals surface area (Å²) in [6.45, 7) is 2.36. The largest absolute Gasteiger partial charge is 0.449 e. The molecule has 0 aromatic heterocycles. The van der Waals surface area contributed by atoms with Gasteiger partial charge in [-0.05, 0) is 55.3 Å². The van der Waals surface area contributed by atoms with E-state index in [2.05, 4.69) is 5.32 Å².